The highest BCUT2D eigenvalue weighted by Crippen LogP contribution is 2.38. The third-order valence-electron chi connectivity index (χ3n) is 4.66. The van der Waals surface area contributed by atoms with Crippen LogP contribution < -0.4 is 5.32 Å². The fourth-order valence-electron chi connectivity index (χ4n) is 3.33. The minimum absolute atomic E-state index is 0.0136. The van der Waals surface area contributed by atoms with Gasteiger partial charge in [0.05, 0.1) is 12.2 Å². The van der Waals surface area contributed by atoms with Gasteiger partial charge in [-0.3, -0.25) is 4.79 Å². The van der Waals surface area contributed by atoms with Crippen LogP contribution in [0.2, 0.25) is 0 Å². The molecule has 0 atom stereocenters. The second-order valence-corrected chi connectivity index (χ2v) is 7.81. The highest BCUT2D eigenvalue weighted by atomic mass is 32.1. The molecule has 25 heavy (non-hydrogen) atoms. The summed E-state index contributed by atoms with van der Waals surface area (Å²) in [5.41, 5.74) is 1.71. The molecule has 1 N–H and O–H groups in total. The van der Waals surface area contributed by atoms with Crippen molar-refractivity contribution >= 4 is 28.2 Å². The van der Waals surface area contributed by atoms with E-state index in [2.05, 4.69) is 12.2 Å². The summed E-state index contributed by atoms with van der Waals surface area (Å²) in [7, 11) is 0. The van der Waals surface area contributed by atoms with Gasteiger partial charge in [-0.05, 0) is 44.6 Å². The monoisotopic (exact) mass is 365 g/mol. The molecular weight excluding hydrogens is 334 g/mol. The van der Waals surface area contributed by atoms with E-state index >= 15 is 0 Å². The SMILES string of the molecule is CCCCCCCCC(=O)Nc1sc2c(c1C(=O)OCC)CCCC2. The van der Waals surface area contributed by atoms with Crippen LogP contribution in [0.15, 0.2) is 0 Å². The lowest BCUT2D eigenvalue weighted by molar-refractivity contribution is -0.116. The van der Waals surface area contributed by atoms with E-state index in [4.69, 9.17) is 4.74 Å². The number of esters is 1. The first-order chi connectivity index (χ1) is 12.2. The standard InChI is InChI=1S/C20H31NO3S/c1-3-5-6-7-8-9-14-17(22)21-19-18(20(23)24-4-2)15-12-10-11-13-16(15)25-19/h3-14H2,1-2H3,(H,21,22). The molecule has 0 unspecified atom stereocenters. The third-order valence-corrected chi connectivity index (χ3v) is 5.87. The number of hydrogen-bond donors (Lipinski definition) is 1. The van der Waals surface area contributed by atoms with Crippen molar-refractivity contribution in [3.05, 3.63) is 16.0 Å². The maximum absolute atomic E-state index is 12.4. The number of carbonyl (C=O) groups is 2. The minimum Gasteiger partial charge on any atom is -0.462 e. The number of ether oxygens (including phenoxy) is 1. The highest BCUT2D eigenvalue weighted by molar-refractivity contribution is 7.17. The second-order valence-electron chi connectivity index (χ2n) is 6.70. The van der Waals surface area contributed by atoms with Crippen molar-refractivity contribution in [1.29, 1.82) is 0 Å². The Labute approximate surface area is 155 Å². The van der Waals surface area contributed by atoms with Crippen LogP contribution in [0.5, 0.6) is 0 Å². The fourth-order valence-corrected chi connectivity index (χ4v) is 4.62. The van der Waals surface area contributed by atoms with Crippen LogP contribution >= 0.6 is 11.3 Å². The Morgan fingerprint density at radius 3 is 2.52 bits per heavy atom. The zero-order valence-corrected chi connectivity index (χ0v) is 16.4. The van der Waals surface area contributed by atoms with Crippen LogP contribution in [0.25, 0.3) is 0 Å². The van der Waals surface area contributed by atoms with Crippen molar-refractivity contribution < 1.29 is 14.3 Å². The number of unbranched alkanes of at least 4 members (excludes halogenated alkanes) is 5. The molecule has 0 aliphatic heterocycles. The van der Waals surface area contributed by atoms with E-state index in [0.29, 0.717) is 23.6 Å². The maximum atomic E-state index is 12.4. The van der Waals surface area contributed by atoms with Crippen molar-refractivity contribution in [2.24, 2.45) is 0 Å². The van der Waals surface area contributed by atoms with Gasteiger partial charge in [-0.1, -0.05) is 39.0 Å². The molecule has 0 bridgehead atoms. The number of aryl methyl sites for hydroxylation is 1. The number of thiophene rings is 1. The van der Waals surface area contributed by atoms with Crippen molar-refractivity contribution in [2.45, 2.75) is 84.5 Å². The molecule has 4 nitrogen and oxygen atoms in total. The van der Waals surface area contributed by atoms with Crippen LogP contribution in [-0.4, -0.2) is 18.5 Å². The smallest absolute Gasteiger partial charge is 0.341 e. The van der Waals surface area contributed by atoms with Gasteiger partial charge >= 0.3 is 5.97 Å². The molecule has 1 aliphatic carbocycles. The zero-order chi connectivity index (χ0) is 18.1. The first-order valence-electron chi connectivity index (χ1n) is 9.78. The number of hydrogen-bond acceptors (Lipinski definition) is 4. The molecule has 1 heterocycles. The van der Waals surface area contributed by atoms with Crippen LogP contribution in [0.3, 0.4) is 0 Å². The Bertz CT molecular complexity index is 580. The van der Waals surface area contributed by atoms with Gasteiger partial charge in [-0.2, -0.15) is 0 Å². The first-order valence-corrected chi connectivity index (χ1v) is 10.6. The molecule has 1 aliphatic rings. The van der Waals surface area contributed by atoms with Gasteiger partial charge in [0, 0.05) is 11.3 Å². The topological polar surface area (TPSA) is 55.4 Å². The van der Waals surface area contributed by atoms with Crippen LogP contribution in [0, 0.1) is 0 Å². The lowest BCUT2D eigenvalue weighted by atomic mass is 9.95. The number of carbonyl (C=O) groups excluding carboxylic acids is 2. The second kappa shape index (κ2) is 10.6. The van der Waals surface area contributed by atoms with Crippen LogP contribution in [-0.2, 0) is 22.4 Å². The summed E-state index contributed by atoms with van der Waals surface area (Å²) in [5.74, 6) is -0.281. The van der Waals surface area contributed by atoms with E-state index in [9.17, 15) is 9.59 Å². The lowest BCUT2D eigenvalue weighted by Crippen LogP contribution is -2.15. The summed E-state index contributed by atoms with van der Waals surface area (Å²) in [6.07, 6.45) is 11.7. The van der Waals surface area contributed by atoms with Crippen molar-refractivity contribution in [2.75, 3.05) is 11.9 Å². The maximum Gasteiger partial charge on any atom is 0.341 e. The fraction of sp³-hybridized carbons (Fsp3) is 0.700. The Morgan fingerprint density at radius 1 is 1.04 bits per heavy atom. The van der Waals surface area contributed by atoms with Crippen molar-refractivity contribution in [1.82, 2.24) is 0 Å². The zero-order valence-electron chi connectivity index (χ0n) is 15.6. The number of nitrogens with one attached hydrogen (secondary N) is 1. The molecule has 0 fully saturated rings. The van der Waals surface area contributed by atoms with Crippen molar-refractivity contribution in [3.8, 4) is 0 Å². The van der Waals surface area contributed by atoms with Gasteiger partial charge < -0.3 is 10.1 Å². The van der Waals surface area contributed by atoms with Gasteiger partial charge in [-0.25, -0.2) is 4.79 Å². The van der Waals surface area contributed by atoms with Crippen LogP contribution in [0.1, 0.15) is 92.4 Å². The van der Waals surface area contributed by atoms with E-state index in [1.807, 2.05) is 6.92 Å². The normalized spacial score (nSPS) is 13.4. The number of rotatable bonds is 10. The average molecular weight is 366 g/mol. The lowest BCUT2D eigenvalue weighted by Gasteiger charge is -2.12. The van der Waals surface area contributed by atoms with E-state index in [0.717, 1.165) is 44.1 Å². The Balaban J connectivity index is 1.95. The molecule has 1 aromatic heterocycles. The van der Waals surface area contributed by atoms with E-state index < -0.39 is 0 Å². The van der Waals surface area contributed by atoms with Crippen molar-refractivity contribution in [3.63, 3.8) is 0 Å². The Hall–Kier alpha value is -1.36. The molecule has 0 spiro atoms. The number of amides is 1. The molecule has 140 valence electrons. The Kier molecular flexibility index (Phi) is 8.45. The van der Waals surface area contributed by atoms with Crippen LogP contribution in [0.4, 0.5) is 5.00 Å². The average Bonchev–Trinajstić information content (AvgIpc) is 2.96. The molecule has 5 heteroatoms. The van der Waals surface area contributed by atoms with Gasteiger partial charge in [-0.15, -0.1) is 11.3 Å². The predicted octanol–water partition coefficient (Wildman–Crippen LogP) is 5.49. The quantitative estimate of drug-likeness (QED) is 0.440. The van der Waals surface area contributed by atoms with Gasteiger partial charge in [0.25, 0.3) is 0 Å². The van der Waals surface area contributed by atoms with E-state index in [1.165, 1.54) is 30.6 Å². The highest BCUT2D eigenvalue weighted by Gasteiger charge is 2.27. The van der Waals surface area contributed by atoms with Gasteiger partial charge in [0.2, 0.25) is 5.91 Å². The largest absolute Gasteiger partial charge is 0.462 e. The van der Waals surface area contributed by atoms with Gasteiger partial charge in [0.15, 0.2) is 0 Å². The molecule has 1 aromatic rings. The molecule has 1 amide bonds. The summed E-state index contributed by atoms with van der Waals surface area (Å²) in [6.45, 7) is 4.37. The summed E-state index contributed by atoms with van der Waals surface area (Å²) in [5, 5.41) is 3.68. The minimum atomic E-state index is -0.295. The van der Waals surface area contributed by atoms with E-state index in [1.54, 1.807) is 11.3 Å². The summed E-state index contributed by atoms with van der Waals surface area (Å²) in [4.78, 5) is 25.9. The summed E-state index contributed by atoms with van der Waals surface area (Å²) in [6, 6.07) is 0. The van der Waals surface area contributed by atoms with Gasteiger partial charge in [0.1, 0.15) is 5.00 Å². The first kappa shape index (κ1) is 20.0. The molecular formula is C20H31NO3S. The predicted molar refractivity (Wildman–Crippen MR) is 104 cm³/mol. The Morgan fingerprint density at radius 2 is 1.76 bits per heavy atom. The molecule has 0 saturated carbocycles. The summed E-state index contributed by atoms with van der Waals surface area (Å²) < 4.78 is 5.23. The number of anilines is 1. The number of fused-ring (bicyclic) bond motifs is 1. The molecule has 0 radical (unpaired) electrons. The molecule has 0 aromatic carbocycles. The third kappa shape index (κ3) is 5.84. The molecule has 2 rings (SSSR count). The summed E-state index contributed by atoms with van der Waals surface area (Å²) >= 11 is 1.56. The molecule has 0 saturated heterocycles. The van der Waals surface area contributed by atoms with E-state index in [-0.39, 0.29) is 11.9 Å².